The Kier molecular flexibility index (Phi) is 4.19. The van der Waals surface area contributed by atoms with Crippen molar-refractivity contribution in [2.24, 2.45) is 5.92 Å². The van der Waals surface area contributed by atoms with Gasteiger partial charge in [0.25, 0.3) is 0 Å². The van der Waals surface area contributed by atoms with Gasteiger partial charge in [-0.1, -0.05) is 0 Å². The molecule has 6 heteroatoms. The monoisotopic (exact) mass is 256 g/mol. The summed E-state index contributed by atoms with van der Waals surface area (Å²) in [6, 6.07) is -0.577. The molecule has 0 aromatic heterocycles. The molecular weight excluding hydrogens is 236 g/mol. The number of aliphatic hydroxyl groups excluding tert-OH is 1. The molecule has 2 heterocycles. The van der Waals surface area contributed by atoms with Crippen molar-refractivity contribution in [1.82, 2.24) is 10.2 Å². The molecule has 0 aromatic rings. The Balaban J connectivity index is 2.21. The predicted molar refractivity (Wildman–Crippen MR) is 63.7 cm³/mol. The second-order valence-corrected chi connectivity index (χ2v) is 4.80. The lowest BCUT2D eigenvalue weighted by molar-refractivity contribution is -0.165. The summed E-state index contributed by atoms with van der Waals surface area (Å²) >= 11 is 0. The minimum absolute atomic E-state index is 0.0449. The van der Waals surface area contributed by atoms with Crippen LogP contribution in [0.15, 0.2) is 0 Å². The molecule has 1 amide bonds. The molecule has 0 spiro atoms. The molecule has 2 aliphatic rings. The van der Waals surface area contributed by atoms with Gasteiger partial charge in [0.15, 0.2) is 0 Å². The van der Waals surface area contributed by atoms with Crippen LogP contribution in [0.1, 0.15) is 19.8 Å². The number of rotatable bonds is 3. The Bertz CT molecular complexity index is 334. The number of piperazine rings is 1. The lowest BCUT2D eigenvalue weighted by Gasteiger charge is -2.46. The third-order valence-electron chi connectivity index (χ3n) is 3.72. The van der Waals surface area contributed by atoms with E-state index in [-0.39, 0.29) is 31.0 Å². The summed E-state index contributed by atoms with van der Waals surface area (Å²) in [5, 5.41) is 12.4. The van der Waals surface area contributed by atoms with Gasteiger partial charge in [0.05, 0.1) is 13.2 Å². The number of nitrogens with zero attached hydrogens (tertiary/aromatic N) is 1. The first-order valence-corrected chi connectivity index (χ1v) is 6.48. The molecule has 0 bridgehead atoms. The van der Waals surface area contributed by atoms with Crippen LogP contribution in [0.25, 0.3) is 0 Å². The fourth-order valence-corrected chi connectivity index (χ4v) is 2.88. The van der Waals surface area contributed by atoms with Crippen LogP contribution in [0.2, 0.25) is 0 Å². The Morgan fingerprint density at radius 1 is 1.56 bits per heavy atom. The SMILES string of the molecule is CCOC(=O)[C@@H]1[C@@H](CO)CC[C@H]2CNCC(=O)N21. The molecule has 0 aliphatic carbocycles. The third kappa shape index (κ3) is 2.35. The zero-order valence-electron chi connectivity index (χ0n) is 10.6. The number of fused-ring (bicyclic) bond motifs is 1. The molecule has 0 radical (unpaired) electrons. The maximum absolute atomic E-state index is 12.0. The average Bonchev–Trinajstić information content (AvgIpc) is 2.38. The summed E-state index contributed by atoms with van der Waals surface area (Å²) in [4.78, 5) is 25.6. The summed E-state index contributed by atoms with van der Waals surface area (Å²) in [6.45, 7) is 2.90. The summed E-state index contributed by atoms with van der Waals surface area (Å²) in [6.07, 6.45) is 1.57. The fourth-order valence-electron chi connectivity index (χ4n) is 2.88. The van der Waals surface area contributed by atoms with Crippen LogP contribution in [0, 0.1) is 5.92 Å². The lowest BCUT2D eigenvalue weighted by atomic mass is 9.84. The molecule has 0 saturated carbocycles. The highest BCUT2D eigenvalue weighted by Gasteiger charge is 2.45. The number of carbonyl (C=O) groups excluding carboxylic acids is 2. The Morgan fingerprint density at radius 3 is 3.00 bits per heavy atom. The molecule has 6 nitrogen and oxygen atoms in total. The molecule has 2 fully saturated rings. The van der Waals surface area contributed by atoms with Gasteiger partial charge in [-0.05, 0) is 19.8 Å². The summed E-state index contributed by atoms with van der Waals surface area (Å²) in [5.74, 6) is -0.679. The summed E-state index contributed by atoms with van der Waals surface area (Å²) in [7, 11) is 0. The minimum Gasteiger partial charge on any atom is -0.464 e. The molecule has 0 aromatic carbocycles. The largest absolute Gasteiger partial charge is 0.464 e. The molecule has 3 atom stereocenters. The predicted octanol–water partition coefficient (Wildman–Crippen LogP) is -0.879. The fraction of sp³-hybridized carbons (Fsp3) is 0.833. The number of carbonyl (C=O) groups is 2. The number of esters is 1. The first kappa shape index (κ1) is 13.3. The number of aliphatic hydroxyl groups is 1. The van der Waals surface area contributed by atoms with E-state index in [0.29, 0.717) is 13.2 Å². The summed E-state index contributed by atoms with van der Waals surface area (Å²) in [5.41, 5.74) is 0. The van der Waals surface area contributed by atoms with E-state index in [4.69, 9.17) is 4.74 Å². The summed E-state index contributed by atoms with van der Waals surface area (Å²) < 4.78 is 5.05. The van der Waals surface area contributed by atoms with Gasteiger partial charge in [-0.15, -0.1) is 0 Å². The zero-order chi connectivity index (χ0) is 13.1. The van der Waals surface area contributed by atoms with Crippen molar-refractivity contribution in [3.8, 4) is 0 Å². The molecule has 2 aliphatic heterocycles. The second kappa shape index (κ2) is 5.67. The maximum Gasteiger partial charge on any atom is 0.329 e. The van der Waals surface area contributed by atoms with Crippen molar-refractivity contribution in [2.45, 2.75) is 31.8 Å². The topological polar surface area (TPSA) is 78.9 Å². The van der Waals surface area contributed by atoms with E-state index < -0.39 is 12.0 Å². The van der Waals surface area contributed by atoms with Crippen LogP contribution in [0.5, 0.6) is 0 Å². The number of hydrogen-bond acceptors (Lipinski definition) is 5. The molecule has 2 N–H and O–H groups in total. The smallest absolute Gasteiger partial charge is 0.329 e. The van der Waals surface area contributed by atoms with Gasteiger partial charge >= 0.3 is 5.97 Å². The highest BCUT2D eigenvalue weighted by Crippen LogP contribution is 2.30. The van der Waals surface area contributed by atoms with Gasteiger partial charge in [-0.3, -0.25) is 4.79 Å². The lowest BCUT2D eigenvalue weighted by Crippen LogP contribution is -2.65. The van der Waals surface area contributed by atoms with Crippen molar-refractivity contribution in [3.05, 3.63) is 0 Å². The Hall–Kier alpha value is -1.14. The van der Waals surface area contributed by atoms with Crippen molar-refractivity contribution < 1.29 is 19.4 Å². The van der Waals surface area contributed by atoms with Crippen LogP contribution in [-0.4, -0.2) is 60.3 Å². The number of piperidine rings is 1. The highest BCUT2D eigenvalue weighted by molar-refractivity contribution is 5.87. The molecule has 18 heavy (non-hydrogen) atoms. The minimum atomic E-state index is -0.622. The van der Waals surface area contributed by atoms with Gasteiger partial charge in [0, 0.05) is 25.1 Å². The normalized spacial score (nSPS) is 32.0. The average molecular weight is 256 g/mol. The van der Waals surface area contributed by atoms with Crippen LogP contribution >= 0.6 is 0 Å². The van der Waals surface area contributed by atoms with Crippen molar-refractivity contribution >= 4 is 11.9 Å². The molecule has 2 rings (SSSR count). The van der Waals surface area contributed by atoms with E-state index in [1.807, 2.05) is 0 Å². The second-order valence-electron chi connectivity index (χ2n) is 4.80. The van der Waals surface area contributed by atoms with E-state index in [0.717, 1.165) is 12.8 Å². The van der Waals surface area contributed by atoms with E-state index in [9.17, 15) is 14.7 Å². The van der Waals surface area contributed by atoms with Crippen molar-refractivity contribution in [3.63, 3.8) is 0 Å². The maximum atomic E-state index is 12.0. The number of hydrogen-bond donors (Lipinski definition) is 2. The number of nitrogens with one attached hydrogen (secondary N) is 1. The van der Waals surface area contributed by atoms with Crippen LogP contribution in [0.3, 0.4) is 0 Å². The quantitative estimate of drug-likeness (QED) is 0.641. The number of ether oxygens (including phenoxy) is 1. The van der Waals surface area contributed by atoms with Crippen molar-refractivity contribution in [1.29, 1.82) is 0 Å². The van der Waals surface area contributed by atoms with Gasteiger partial charge in [0.2, 0.25) is 5.91 Å². The highest BCUT2D eigenvalue weighted by atomic mass is 16.5. The molecular formula is C12H20N2O4. The Labute approximate surface area is 106 Å². The Morgan fingerprint density at radius 2 is 2.33 bits per heavy atom. The first-order valence-electron chi connectivity index (χ1n) is 6.48. The van der Waals surface area contributed by atoms with E-state index in [2.05, 4.69) is 5.32 Å². The first-order chi connectivity index (χ1) is 8.69. The van der Waals surface area contributed by atoms with E-state index in [1.54, 1.807) is 11.8 Å². The van der Waals surface area contributed by atoms with Gasteiger partial charge < -0.3 is 20.1 Å². The molecule has 102 valence electrons. The standard InChI is InChI=1S/C12H20N2O4/c1-2-18-12(17)11-8(7-15)3-4-9-5-13-6-10(16)14(9)11/h8-9,11,13,15H,2-7H2,1H3/t8-,9+,11+/m1/s1. The number of amides is 1. The molecule has 0 unspecified atom stereocenters. The van der Waals surface area contributed by atoms with E-state index >= 15 is 0 Å². The van der Waals surface area contributed by atoms with Gasteiger partial charge in [0.1, 0.15) is 6.04 Å². The van der Waals surface area contributed by atoms with Crippen LogP contribution in [-0.2, 0) is 14.3 Å². The van der Waals surface area contributed by atoms with Crippen LogP contribution < -0.4 is 5.32 Å². The van der Waals surface area contributed by atoms with Gasteiger partial charge in [-0.2, -0.15) is 0 Å². The third-order valence-corrected chi connectivity index (χ3v) is 3.72. The molecule has 2 saturated heterocycles. The van der Waals surface area contributed by atoms with Crippen LogP contribution in [0.4, 0.5) is 0 Å². The zero-order valence-corrected chi connectivity index (χ0v) is 10.6. The van der Waals surface area contributed by atoms with Gasteiger partial charge in [-0.25, -0.2) is 4.79 Å². The van der Waals surface area contributed by atoms with Crippen molar-refractivity contribution in [2.75, 3.05) is 26.3 Å². The van der Waals surface area contributed by atoms with E-state index in [1.165, 1.54) is 0 Å².